The predicted molar refractivity (Wildman–Crippen MR) is 69.8 cm³/mol. The smallest absolute Gasteiger partial charge is 0.000554 e. The zero-order chi connectivity index (χ0) is 11.6. The Hall–Kier alpha value is -0.820. The highest BCUT2D eigenvalue weighted by Gasteiger charge is 2.52. The molecule has 1 aliphatic carbocycles. The van der Waals surface area contributed by atoms with E-state index in [0.717, 1.165) is 12.5 Å². The molecule has 2 rings (SSSR count). The topological polar surface area (TPSA) is 12.0 Å². The van der Waals surface area contributed by atoms with Gasteiger partial charge < -0.3 is 5.32 Å². The van der Waals surface area contributed by atoms with Crippen LogP contribution in [0.4, 0.5) is 0 Å². The molecule has 16 heavy (non-hydrogen) atoms. The molecular weight excluding hydrogens is 194 g/mol. The van der Waals surface area contributed by atoms with E-state index in [2.05, 4.69) is 50.4 Å². The second-order valence-electron chi connectivity index (χ2n) is 5.08. The summed E-state index contributed by atoms with van der Waals surface area (Å²) in [5.41, 5.74) is 3.39. The number of hydrogen-bond acceptors (Lipinski definition) is 1. The summed E-state index contributed by atoms with van der Waals surface area (Å²) in [5, 5.41) is 3.48. The van der Waals surface area contributed by atoms with Gasteiger partial charge in [0, 0.05) is 0 Å². The van der Waals surface area contributed by atoms with Crippen molar-refractivity contribution in [3.8, 4) is 0 Å². The Labute approximate surface area is 99.3 Å². The summed E-state index contributed by atoms with van der Waals surface area (Å²) in [5.74, 6) is 0.847. The number of nitrogens with one attached hydrogen (secondary N) is 1. The Morgan fingerprint density at radius 2 is 1.94 bits per heavy atom. The van der Waals surface area contributed by atoms with Crippen LogP contribution in [0, 0.1) is 12.8 Å². The van der Waals surface area contributed by atoms with Crippen LogP contribution in [0.15, 0.2) is 24.3 Å². The molecule has 0 bridgehead atoms. The van der Waals surface area contributed by atoms with Crippen molar-refractivity contribution in [3.63, 3.8) is 0 Å². The first kappa shape index (κ1) is 11.7. The van der Waals surface area contributed by atoms with E-state index in [9.17, 15) is 0 Å². The molecule has 1 fully saturated rings. The van der Waals surface area contributed by atoms with Crippen molar-refractivity contribution in [2.45, 2.75) is 39.0 Å². The maximum atomic E-state index is 3.48. The molecule has 0 radical (unpaired) electrons. The Morgan fingerprint density at radius 1 is 1.25 bits per heavy atom. The molecule has 2 unspecified atom stereocenters. The van der Waals surface area contributed by atoms with Gasteiger partial charge in [-0.05, 0) is 49.8 Å². The van der Waals surface area contributed by atoms with Crippen molar-refractivity contribution < 1.29 is 0 Å². The Balaban J connectivity index is 2.09. The lowest BCUT2D eigenvalue weighted by Crippen LogP contribution is -2.20. The van der Waals surface area contributed by atoms with Crippen molar-refractivity contribution in [1.82, 2.24) is 5.32 Å². The van der Waals surface area contributed by atoms with E-state index in [1.54, 1.807) is 5.56 Å². The molecule has 0 aliphatic heterocycles. The normalized spacial score (nSPS) is 28.1. The van der Waals surface area contributed by atoms with Gasteiger partial charge in [-0.3, -0.25) is 0 Å². The molecule has 0 saturated heterocycles. The lowest BCUT2D eigenvalue weighted by Gasteiger charge is -2.16. The third-order valence-electron chi connectivity index (χ3n) is 4.13. The molecule has 88 valence electrons. The van der Waals surface area contributed by atoms with Gasteiger partial charge in [0.05, 0.1) is 0 Å². The van der Waals surface area contributed by atoms with E-state index in [-0.39, 0.29) is 0 Å². The molecule has 1 aromatic carbocycles. The monoisotopic (exact) mass is 217 g/mol. The van der Waals surface area contributed by atoms with Crippen LogP contribution in [0.25, 0.3) is 0 Å². The van der Waals surface area contributed by atoms with E-state index < -0.39 is 0 Å². The van der Waals surface area contributed by atoms with Gasteiger partial charge in [-0.15, -0.1) is 0 Å². The van der Waals surface area contributed by atoms with Crippen molar-refractivity contribution >= 4 is 0 Å². The molecule has 1 aromatic rings. The summed E-state index contributed by atoms with van der Waals surface area (Å²) in [4.78, 5) is 0. The zero-order valence-electron chi connectivity index (χ0n) is 10.7. The molecule has 1 nitrogen and oxygen atoms in total. The molecule has 1 saturated carbocycles. The van der Waals surface area contributed by atoms with Crippen molar-refractivity contribution in [1.29, 1.82) is 0 Å². The third kappa shape index (κ3) is 2.01. The molecule has 0 heterocycles. The van der Waals surface area contributed by atoms with Crippen LogP contribution in [0.2, 0.25) is 0 Å². The van der Waals surface area contributed by atoms with Gasteiger partial charge in [0.25, 0.3) is 0 Å². The highest BCUT2D eigenvalue weighted by Crippen LogP contribution is 2.56. The van der Waals surface area contributed by atoms with Gasteiger partial charge in [0.1, 0.15) is 0 Å². The van der Waals surface area contributed by atoms with Crippen LogP contribution in [-0.2, 0) is 5.41 Å². The molecule has 0 aromatic heterocycles. The summed E-state index contributed by atoms with van der Waals surface area (Å²) in [7, 11) is 0. The minimum absolute atomic E-state index is 0.482. The van der Waals surface area contributed by atoms with E-state index in [0.29, 0.717) is 5.41 Å². The number of hydrogen-bond donors (Lipinski definition) is 1. The third-order valence-corrected chi connectivity index (χ3v) is 4.13. The van der Waals surface area contributed by atoms with Gasteiger partial charge in [-0.25, -0.2) is 0 Å². The SMILES string of the molecule is CCNCC1CC1(CC)c1ccc(C)cc1. The Kier molecular flexibility index (Phi) is 3.34. The minimum Gasteiger partial charge on any atom is -0.317 e. The fourth-order valence-electron chi connectivity index (χ4n) is 2.84. The molecule has 0 amide bonds. The molecule has 0 spiro atoms. The highest BCUT2D eigenvalue weighted by molar-refractivity contribution is 5.35. The second kappa shape index (κ2) is 4.58. The van der Waals surface area contributed by atoms with E-state index >= 15 is 0 Å². The van der Waals surface area contributed by atoms with E-state index in [4.69, 9.17) is 0 Å². The van der Waals surface area contributed by atoms with Crippen molar-refractivity contribution in [2.24, 2.45) is 5.92 Å². The average molecular weight is 217 g/mol. The first-order valence-electron chi connectivity index (χ1n) is 6.50. The summed E-state index contributed by atoms with van der Waals surface area (Å²) >= 11 is 0. The molecule has 1 N–H and O–H groups in total. The van der Waals surface area contributed by atoms with E-state index in [1.807, 2.05) is 0 Å². The van der Waals surface area contributed by atoms with Gasteiger partial charge in [0.15, 0.2) is 0 Å². The molecular formula is C15H23N. The maximum absolute atomic E-state index is 3.48. The second-order valence-corrected chi connectivity index (χ2v) is 5.08. The number of aryl methyl sites for hydroxylation is 1. The predicted octanol–water partition coefficient (Wildman–Crippen LogP) is 3.27. The maximum Gasteiger partial charge on any atom is -0.000554 e. The quantitative estimate of drug-likeness (QED) is 0.798. The van der Waals surface area contributed by atoms with Crippen molar-refractivity contribution in [3.05, 3.63) is 35.4 Å². The molecule has 1 aliphatic rings. The van der Waals surface area contributed by atoms with Gasteiger partial charge in [-0.2, -0.15) is 0 Å². The lowest BCUT2D eigenvalue weighted by molar-refractivity contribution is 0.546. The van der Waals surface area contributed by atoms with Crippen LogP contribution < -0.4 is 5.32 Å². The van der Waals surface area contributed by atoms with Gasteiger partial charge in [0.2, 0.25) is 0 Å². The van der Waals surface area contributed by atoms with Crippen molar-refractivity contribution in [2.75, 3.05) is 13.1 Å². The molecule has 2 atom stereocenters. The fraction of sp³-hybridized carbons (Fsp3) is 0.600. The Morgan fingerprint density at radius 3 is 2.50 bits per heavy atom. The standard InChI is InChI=1S/C15H23N/c1-4-15(10-14(15)11-16-5-2)13-8-6-12(3)7-9-13/h6-9,14,16H,4-5,10-11H2,1-3H3. The number of rotatable bonds is 5. The lowest BCUT2D eigenvalue weighted by atomic mass is 9.90. The Bertz CT molecular complexity index is 341. The van der Waals surface area contributed by atoms with Crippen LogP contribution in [0.5, 0.6) is 0 Å². The van der Waals surface area contributed by atoms with E-state index in [1.165, 1.54) is 24.9 Å². The molecule has 1 heteroatoms. The van der Waals surface area contributed by atoms with Crippen LogP contribution in [0.1, 0.15) is 37.8 Å². The first-order valence-corrected chi connectivity index (χ1v) is 6.50. The largest absolute Gasteiger partial charge is 0.317 e. The average Bonchev–Trinajstić information content (AvgIpc) is 3.02. The summed E-state index contributed by atoms with van der Waals surface area (Å²) in [6.07, 6.45) is 2.63. The minimum atomic E-state index is 0.482. The number of benzene rings is 1. The van der Waals surface area contributed by atoms with Crippen LogP contribution in [0.3, 0.4) is 0 Å². The van der Waals surface area contributed by atoms with Gasteiger partial charge >= 0.3 is 0 Å². The first-order chi connectivity index (χ1) is 7.73. The van der Waals surface area contributed by atoms with Gasteiger partial charge in [-0.1, -0.05) is 43.7 Å². The fourth-order valence-corrected chi connectivity index (χ4v) is 2.84. The summed E-state index contributed by atoms with van der Waals surface area (Å²) in [6.45, 7) is 8.93. The highest BCUT2D eigenvalue weighted by atomic mass is 14.9. The van der Waals surface area contributed by atoms with Crippen LogP contribution in [-0.4, -0.2) is 13.1 Å². The van der Waals surface area contributed by atoms with Crippen LogP contribution >= 0.6 is 0 Å². The summed E-state index contributed by atoms with van der Waals surface area (Å²) < 4.78 is 0. The summed E-state index contributed by atoms with van der Waals surface area (Å²) in [6, 6.07) is 9.14. The zero-order valence-corrected chi connectivity index (χ0v) is 10.7.